The zero-order chi connectivity index (χ0) is 29.3. The van der Waals surface area contributed by atoms with Crippen molar-refractivity contribution in [2.45, 2.75) is 45.3 Å². The quantitative estimate of drug-likeness (QED) is 0.128. The van der Waals surface area contributed by atoms with Gasteiger partial charge in [-0.05, 0) is 79.7 Å². The van der Waals surface area contributed by atoms with Crippen LogP contribution in [0.5, 0.6) is 5.75 Å². The minimum Gasteiger partial charge on any atom is -0.490 e. The van der Waals surface area contributed by atoms with E-state index in [1.165, 1.54) is 60.8 Å². The number of fused-ring (bicyclic) bond motifs is 3. The predicted octanol–water partition coefficient (Wildman–Crippen LogP) is 9.98. The monoisotopic (exact) mass is 564 g/mol. The first kappa shape index (κ1) is 28.0. The second-order valence-corrected chi connectivity index (χ2v) is 16.4. The summed E-state index contributed by atoms with van der Waals surface area (Å²) in [6.45, 7) is 13.9. The minimum atomic E-state index is -2.19. The number of hydrogen-bond acceptors (Lipinski definition) is 1. The molecule has 0 atom stereocenters. The number of aryl methyl sites for hydroxylation is 2. The fraction of sp³-hybridized carbons (Fsp3) is 0.200. The molecule has 1 nitrogen and oxygen atoms in total. The van der Waals surface area contributed by atoms with E-state index in [-0.39, 0.29) is 0 Å². The Hall–Kier alpha value is -4.14. The minimum absolute atomic E-state index is 0.290. The van der Waals surface area contributed by atoms with Crippen molar-refractivity contribution in [1.82, 2.24) is 0 Å². The molecular formula is C40H40OSi. The number of rotatable bonds is 9. The molecule has 0 radical (unpaired) electrons. The van der Waals surface area contributed by atoms with Gasteiger partial charge in [0, 0.05) is 5.54 Å². The van der Waals surface area contributed by atoms with Crippen molar-refractivity contribution in [3.8, 4) is 39.1 Å². The lowest BCUT2D eigenvalue weighted by Gasteiger charge is -2.33. The normalized spacial score (nSPS) is 12.6. The van der Waals surface area contributed by atoms with E-state index in [0.29, 0.717) is 12.1 Å². The lowest BCUT2D eigenvalue weighted by molar-refractivity contribution is 0.366. The summed E-state index contributed by atoms with van der Waals surface area (Å²) >= 11 is 0. The molecule has 5 aromatic rings. The van der Waals surface area contributed by atoms with Crippen LogP contribution in [0.4, 0.5) is 0 Å². The highest BCUT2D eigenvalue weighted by atomic mass is 28.3. The van der Waals surface area contributed by atoms with Gasteiger partial charge in [-0.1, -0.05) is 143 Å². The summed E-state index contributed by atoms with van der Waals surface area (Å²) in [7, 11) is -2.19. The van der Waals surface area contributed by atoms with Gasteiger partial charge in [0.2, 0.25) is 0 Å². The fourth-order valence-corrected chi connectivity index (χ4v) is 10.7. The maximum absolute atomic E-state index is 6.27. The Morgan fingerprint density at radius 1 is 0.643 bits per heavy atom. The molecule has 0 fully saturated rings. The van der Waals surface area contributed by atoms with E-state index in [9.17, 15) is 0 Å². The first-order valence-corrected chi connectivity index (χ1v) is 18.3. The first-order chi connectivity index (χ1) is 20.5. The van der Waals surface area contributed by atoms with Gasteiger partial charge in [-0.25, -0.2) is 0 Å². The molecule has 0 spiro atoms. The van der Waals surface area contributed by atoms with Gasteiger partial charge in [0.1, 0.15) is 12.4 Å². The van der Waals surface area contributed by atoms with Gasteiger partial charge in [-0.3, -0.25) is 0 Å². The van der Waals surface area contributed by atoms with Crippen molar-refractivity contribution < 1.29 is 4.74 Å². The van der Waals surface area contributed by atoms with Crippen molar-refractivity contribution in [1.29, 1.82) is 0 Å². The van der Waals surface area contributed by atoms with Crippen molar-refractivity contribution in [3.63, 3.8) is 0 Å². The summed E-state index contributed by atoms with van der Waals surface area (Å²) in [5.41, 5.74) is 14.0. The second-order valence-electron chi connectivity index (χ2n) is 11.9. The van der Waals surface area contributed by atoms with Gasteiger partial charge in [-0.15, -0.1) is 0 Å². The molecule has 0 saturated carbocycles. The fourth-order valence-electron chi connectivity index (χ4n) is 7.02. The molecule has 6 rings (SSSR count). The largest absolute Gasteiger partial charge is 0.490 e. The third-order valence-electron chi connectivity index (χ3n) is 9.09. The summed E-state index contributed by atoms with van der Waals surface area (Å²) < 4.78 is 6.27. The molecule has 42 heavy (non-hydrogen) atoms. The smallest absolute Gasteiger partial charge is 0.119 e. The highest BCUT2D eigenvalue weighted by molar-refractivity contribution is 6.92. The van der Waals surface area contributed by atoms with Gasteiger partial charge in [0.15, 0.2) is 0 Å². The van der Waals surface area contributed by atoms with Crippen LogP contribution in [0.15, 0.2) is 122 Å². The maximum atomic E-state index is 6.27. The molecule has 5 aromatic carbocycles. The van der Waals surface area contributed by atoms with Crippen LogP contribution in [-0.2, 0) is 12.8 Å². The van der Waals surface area contributed by atoms with E-state index >= 15 is 0 Å². The lowest BCUT2D eigenvalue weighted by atomic mass is 9.94. The number of ether oxygens (including phenoxy) is 1. The Morgan fingerprint density at radius 2 is 1.14 bits per heavy atom. The highest BCUT2D eigenvalue weighted by Gasteiger charge is 2.43. The topological polar surface area (TPSA) is 9.23 Å². The molecule has 0 N–H and O–H groups in total. The van der Waals surface area contributed by atoms with Crippen LogP contribution >= 0.6 is 0 Å². The van der Waals surface area contributed by atoms with Crippen LogP contribution in [-0.4, -0.2) is 14.7 Å². The Balaban J connectivity index is 1.58. The van der Waals surface area contributed by atoms with Gasteiger partial charge < -0.3 is 4.74 Å². The maximum Gasteiger partial charge on any atom is 0.119 e. The van der Waals surface area contributed by atoms with Gasteiger partial charge in [0.05, 0.1) is 8.07 Å². The van der Waals surface area contributed by atoms with Gasteiger partial charge in [0.25, 0.3) is 0 Å². The molecule has 1 aliphatic carbocycles. The summed E-state index contributed by atoms with van der Waals surface area (Å²) in [6, 6.07) is 40.8. The SMILES string of the molecule is C=CCOc1ccccc1[Si](C)(C)C1c2cc(-c3ccccc3CC)ccc2-c2ccc(-c3ccccc3CC)cc21. The molecule has 1 aliphatic rings. The van der Waals surface area contributed by atoms with E-state index in [0.717, 1.165) is 18.6 Å². The Kier molecular flexibility index (Phi) is 7.75. The van der Waals surface area contributed by atoms with Crippen LogP contribution < -0.4 is 9.92 Å². The third kappa shape index (κ3) is 4.84. The van der Waals surface area contributed by atoms with E-state index < -0.39 is 8.07 Å². The molecule has 0 bridgehead atoms. The second kappa shape index (κ2) is 11.6. The molecular weight excluding hydrogens is 525 g/mol. The van der Waals surface area contributed by atoms with Crippen LogP contribution in [0.25, 0.3) is 33.4 Å². The molecule has 0 saturated heterocycles. The van der Waals surface area contributed by atoms with Crippen molar-refractivity contribution >= 4 is 13.3 Å². The van der Waals surface area contributed by atoms with E-state index in [4.69, 9.17) is 4.74 Å². The van der Waals surface area contributed by atoms with Gasteiger partial charge >= 0.3 is 0 Å². The Bertz CT molecular complexity index is 1670. The molecule has 210 valence electrons. The van der Waals surface area contributed by atoms with Crippen LogP contribution in [0.1, 0.15) is 41.6 Å². The summed E-state index contributed by atoms with van der Waals surface area (Å²) in [4.78, 5) is 0. The van der Waals surface area contributed by atoms with Crippen molar-refractivity contribution in [3.05, 3.63) is 144 Å². The lowest BCUT2D eigenvalue weighted by Crippen LogP contribution is -2.48. The van der Waals surface area contributed by atoms with Crippen LogP contribution in [0.3, 0.4) is 0 Å². The van der Waals surface area contributed by atoms with Gasteiger partial charge in [-0.2, -0.15) is 0 Å². The van der Waals surface area contributed by atoms with E-state index in [1.807, 2.05) is 6.08 Å². The van der Waals surface area contributed by atoms with Crippen molar-refractivity contribution in [2.24, 2.45) is 0 Å². The predicted molar refractivity (Wildman–Crippen MR) is 183 cm³/mol. The Morgan fingerprint density at radius 3 is 1.67 bits per heavy atom. The van der Waals surface area contributed by atoms with Crippen LogP contribution in [0.2, 0.25) is 13.1 Å². The first-order valence-electron chi connectivity index (χ1n) is 15.3. The molecule has 0 unspecified atom stereocenters. The summed E-state index contributed by atoms with van der Waals surface area (Å²) in [5, 5.41) is 1.36. The Labute approximate surface area is 252 Å². The van der Waals surface area contributed by atoms with E-state index in [2.05, 4.69) is 143 Å². The van der Waals surface area contributed by atoms with Crippen LogP contribution in [0, 0.1) is 0 Å². The van der Waals surface area contributed by atoms with E-state index in [1.54, 1.807) is 0 Å². The number of para-hydroxylation sites is 1. The molecule has 0 amide bonds. The number of hydrogen-bond donors (Lipinski definition) is 0. The zero-order valence-electron chi connectivity index (χ0n) is 25.3. The summed E-state index contributed by atoms with van der Waals surface area (Å²) in [5.74, 6) is 0.990. The third-order valence-corrected chi connectivity index (χ3v) is 13.0. The highest BCUT2D eigenvalue weighted by Crippen LogP contribution is 2.51. The summed E-state index contributed by atoms with van der Waals surface area (Å²) in [6.07, 6.45) is 3.87. The molecule has 0 aliphatic heterocycles. The standard InChI is InChI=1S/C40H40OSi/c1-6-25-41-38-19-13-14-20-39(38)42(4,5)40-36-26-30(32-17-11-9-15-28(32)7-2)21-23-34(36)35-24-22-31(27-37(35)40)33-18-12-10-16-29(33)8-3/h6,9-24,26-27,40H,1,7-8,25H2,2-5H3. The average molecular weight is 565 g/mol. The molecule has 0 heterocycles. The molecule has 0 aromatic heterocycles. The zero-order valence-corrected chi connectivity index (χ0v) is 26.3. The van der Waals surface area contributed by atoms with Crippen molar-refractivity contribution in [2.75, 3.05) is 6.61 Å². The number of benzene rings is 5. The average Bonchev–Trinajstić information content (AvgIpc) is 3.37. The molecule has 2 heteroatoms.